The molecule has 19 heavy (non-hydrogen) atoms. The monoisotopic (exact) mass is 284 g/mol. The topological polar surface area (TPSA) is 49.7 Å². The van der Waals surface area contributed by atoms with Gasteiger partial charge in [0.1, 0.15) is 0 Å². The van der Waals surface area contributed by atoms with Gasteiger partial charge in [0.25, 0.3) is 0 Å². The molecule has 0 radical (unpaired) electrons. The molecule has 0 saturated carbocycles. The molecule has 106 valence electrons. The summed E-state index contributed by atoms with van der Waals surface area (Å²) in [5.41, 5.74) is 0. The van der Waals surface area contributed by atoms with E-state index in [0.29, 0.717) is 12.8 Å². The first-order valence-corrected chi connectivity index (χ1v) is 6.97. The lowest BCUT2D eigenvalue weighted by Crippen LogP contribution is -2.38. The second-order valence-corrected chi connectivity index (χ2v) is 5.18. The van der Waals surface area contributed by atoms with Gasteiger partial charge in [-0.3, -0.25) is 0 Å². The molecule has 0 aromatic rings. The normalized spacial score (nSPS) is 35.3. The van der Waals surface area contributed by atoms with Gasteiger partial charge in [0.05, 0.1) is 29.8 Å². The van der Waals surface area contributed by atoms with Crippen molar-refractivity contribution < 1.29 is 14.9 Å². The van der Waals surface area contributed by atoms with Crippen molar-refractivity contribution in [1.29, 1.82) is 0 Å². The first-order valence-electron chi connectivity index (χ1n) is 6.53. The lowest BCUT2D eigenvalue weighted by molar-refractivity contribution is -0.0482. The Morgan fingerprint density at radius 1 is 1.53 bits per heavy atom. The molecule has 0 aromatic heterocycles. The van der Waals surface area contributed by atoms with E-state index in [4.69, 9.17) is 22.8 Å². The van der Waals surface area contributed by atoms with E-state index in [1.807, 2.05) is 6.92 Å². The highest BCUT2D eigenvalue weighted by molar-refractivity contribution is 6.21. The number of aliphatic hydroxyl groups excluding tert-OH is 2. The minimum absolute atomic E-state index is 0.0926. The van der Waals surface area contributed by atoms with Gasteiger partial charge < -0.3 is 14.9 Å². The van der Waals surface area contributed by atoms with Crippen LogP contribution in [0.15, 0.2) is 24.3 Å². The summed E-state index contributed by atoms with van der Waals surface area (Å²) in [5, 5.41) is 19.3. The van der Waals surface area contributed by atoms with Crippen LogP contribution in [0.25, 0.3) is 0 Å². The molecule has 1 unspecified atom stereocenters. The van der Waals surface area contributed by atoms with E-state index in [1.54, 1.807) is 24.3 Å². The van der Waals surface area contributed by atoms with E-state index in [1.165, 1.54) is 0 Å². The molecule has 1 rings (SSSR count). The number of halogens is 1. The molecule has 5 atom stereocenters. The smallest absolute Gasteiger partial charge is 0.0981 e. The molecule has 0 fully saturated rings. The van der Waals surface area contributed by atoms with E-state index in [0.717, 1.165) is 6.42 Å². The number of rotatable bonds is 4. The Morgan fingerprint density at radius 3 is 2.89 bits per heavy atom. The van der Waals surface area contributed by atoms with Crippen molar-refractivity contribution >= 4 is 11.6 Å². The van der Waals surface area contributed by atoms with E-state index in [9.17, 15) is 10.2 Å². The van der Waals surface area contributed by atoms with Gasteiger partial charge >= 0.3 is 0 Å². The second kappa shape index (κ2) is 8.39. The Morgan fingerprint density at radius 2 is 2.26 bits per heavy atom. The van der Waals surface area contributed by atoms with Gasteiger partial charge in [-0.2, -0.15) is 0 Å². The number of aliphatic hydroxyl groups is 2. The van der Waals surface area contributed by atoms with Crippen molar-refractivity contribution in [2.45, 2.75) is 56.0 Å². The standard InChI is InChI=1S/C15H21ClO3/c1-3-5-6-7-12(16)15-10-14(18)13(17)9-8-11(4-2)19-15/h1,5-6,8-9,11-15,17-18H,4,7,10H2,2H3/b6-5+,9-8-/t11-,12?,13-,14-,15-/m1/s1. The summed E-state index contributed by atoms with van der Waals surface area (Å²) in [7, 11) is 0. The van der Waals surface area contributed by atoms with Crippen molar-refractivity contribution in [3.05, 3.63) is 24.3 Å². The van der Waals surface area contributed by atoms with Gasteiger partial charge in [0.15, 0.2) is 0 Å². The summed E-state index contributed by atoms with van der Waals surface area (Å²) in [6, 6.07) is 0. The average Bonchev–Trinajstić information content (AvgIpc) is 2.39. The molecular weight excluding hydrogens is 264 g/mol. The molecule has 1 aliphatic rings. The maximum Gasteiger partial charge on any atom is 0.0981 e. The fourth-order valence-corrected chi connectivity index (χ4v) is 2.22. The van der Waals surface area contributed by atoms with Crippen molar-refractivity contribution in [2.24, 2.45) is 0 Å². The van der Waals surface area contributed by atoms with Gasteiger partial charge in [0.2, 0.25) is 0 Å². The van der Waals surface area contributed by atoms with Gasteiger partial charge in [-0.05, 0) is 18.9 Å². The van der Waals surface area contributed by atoms with Crippen LogP contribution in [0.3, 0.4) is 0 Å². The van der Waals surface area contributed by atoms with Crippen LogP contribution >= 0.6 is 11.6 Å². The Bertz CT molecular complexity index is 359. The molecule has 0 saturated heterocycles. The number of terminal acetylenes is 1. The zero-order valence-corrected chi connectivity index (χ0v) is 11.8. The van der Waals surface area contributed by atoms with E-state index in [2.05, 4.69) is 5.92 Å². The fraction of sp³-hybridized carbons (Fsp3) is 0.600. The van der Waals surface area contributed by atoms with Crippen LogP contribution in [0.1, 0.15) is 26.2 Å². The highest BCUT2D eigenvalue weighted by Gasteiger charge is 2.29. The third-order valence-electron chi connectivity index (χ3n) is 3.12. The minimum Gasteiger partial charge on any atom is -0.390 e. The zero-order valence-electron chi connectivity index (χ0n) is 11.1. The van der Waals surface area contributed by atoms with E-state index >= 15 is 0 Å². The summed E-state index contributed by atoms with van der Waals surface area (Å²) in [5.74, 6) is 2.40. The maximum atomic E-state index is 9.84. The first-order chi connectivity index (χ1) is 9.08. The van der Waals surface area contributed by atoms with Gasteiger partial charge in [0, 0.05) is 6.42 Å². The zero-order chi connectivity index (χ0) is 14.3. The van der Waals surface area contributed by atoms with Crippen molar-refractivity contribution in [2.75, 3.05) is 0 Å². The van der Waals surface area contributed by atoms with Crippen LogP contribution in [-0.4, -0.2) is 40.0 Å². The lowest BCUT2D eigenvalue weighted by atomic mass is 9.99. The molecule has 0 aromatic carbocycles. The number of hydrogen-bond acceptors (Lipinski definition) is 3. The van der Waals surface area contributed by atoms with E-state index < -0.39 is 12.2 Å². The van der Waals surface area contributed by atoms with Crippen LogP contribution in [0, 0.1) is 12.3 Å². The SMILES string of the molecule is C#C/C=C/CC(Cl)[C@H]1C[C@@H](O)[C@H](O)/C=C\[C@@H](CC)O1. The minimum atomic E-state index is -0.870. The van der Waals surface area contributed by atoms with Crippen molar-refractivity contribution in [3.63, 3.8) is 0 Å². The molecule has 1 heterocycles. The Labute approximate surface area is 119 Å². The summed E-state index contributed by atoms with van der Waals surface area (Å²) < 4.78 is 5.88. The van der Waals surface area contributed by atoms with Gasteiger partial charge in [-0.25, -0.2) is 0 Å². The van der Waals surface area contributed by atoms with Crippen molar-refractivity contribution in [1.82, 2.24) is 0 Å². The number of ether oxygens (including phenoxy) is 1. The van der Waals surface area contributed by atoms with Gasteiger partial charge in [-0.15, -0.1) is 18.0 Å². The van der Waals surface area contributed by atoms with Crippen LogP contribution < -0.4 is 0 Å². The largest absolute Gasteiger partial charge is 0.390 e. The maximum absolute atomic E-state index is 9.84. The molecule has 0 amide bonds. The quantitative estimate of drug-likeness (QED) is 0.472. The molecule has 1 aliphatic heterocycles. The molecule has 3 nitrogen and oxygen atoms in total. The van der Waals surface area contributed by atoms with Crippen LogP contribution in [0.5, 0.6) is 0 Å². The molecule has 0 spiro atoms. The fourth-order valence-electron chi connectivity index (χ4n) is 1.95. The predicted molar refractivity (Wildman–Crippen MR) is 77.0 cm³/mol. The lowest BCUT2D eigenvalue weighted by Gasteiger charge is -2.30. The summed E-state index contributed by atoms with van der Waals surface area (Å²) >= 11 is 6.29. The van der Waals surface area contributed by atoms with Crippen LogP contribution in [0.2, 0.25) is 0 Å². The highest BCUT2D eigenvalue weighted by atomic mass is 35.5. The molecule has 0 bridgehead atoms. The van der Waals surface area contributed by atoms with E-state index in [-0.39, 0.29) is 17.6 Å². The summed E-state index contributed by atoms with van der Waals surface area (Å²) in [6.07, 6.45) is 11.4. The number of hydrogen-bond donors (Lipinski definition) is 2. The molecular formula is C15H21ClO3. The Hall–Kier alpha value is -0.790. The Balaban J connectivity index is 2.71. The third-order valence-corrected chi connectivity index (χ3v) is 3.58. The summed E-state index contributed by atoms with van der Waals surface area (Å²) in [4.78, 5) is 0. The van der Waals surface area contributed by atoms with Crippen molar-refractivity contribution in [3.8, 4) is 12.3 Å². The highest BCUT2D eigenvalue weighted by Crippen LogP contribution is 2.23. The third kappa shape index (κ3) is 5.38. The number of alkyl halides is 1. The summed E-state index contributed by atoms with van der Waals surface area (Å²) in [6.45, 7) is 2.00. The molecule has 4 heteroatoms. The molecule has 0 aliphatic carbocycles. The predicted octanol–water partition coefficient (Wildman–Crippen LogP) is 2.02. The second-order valence-electron chi connectivity index (χ2n) is 4.62. The average molecular weight is 285 g/mol. The number of allylic oxidation sites excluding steroid dienone is 2. The van der Waals surface area contributed by atoms with Crippen LogP contribution in [-0.2, 0) is 4.74 Å². The van der Waals surface area contributed by atoms with Gasteiger partial charge in [-0.1, -0.05) is 31.1 Å². The Kier molecular flexibility index (Phi) is 7.19. The van der Waals surface area contributed by atoms with Crippen LogP contribution in [0.4, 0.5) is 0 Å². The first kappa shape index (κ1) is 16.3. The molecule has 2 N–H and O–H groups in total.